The lowest BCUT2D eigenvalue weighted by Crippen LogP contribution is -2.12. The first-order valence-corrected chi connectivity index (χ1v) is 7.33. The molecule has 0 bridgehead atoms. The summed E-state index contributed by atoms with van der Waals surface area (Å²) < 4.78 is 5.56. The van der Waals surface area contributed by atoms with Crippen LogP contribution < -0.4 is 10.1 Å². The van der Waals surface area contributed by atoms with Crippen LogP contribution in [0.15, 0.2) is 48.5 Å². The maximum Gasteiger partial charge on any atom is 0.137 e. The number of nitrogens with one attached hydrogen (secondary N) is 1. The van der Waals surface area contributed by atoms with Gasteiger partial charge in [-0.2, -0.15) is 0 Å². The number of ether oxygens (including phenoxy) is 1. The summed E-state index contributed by atoms with van der Waals surface area (Å²) in [5, 5.41) is 4.09. The molecule has 20 heavy (non-hydrogen) atoms. The van der Waals surface area contributed by atoms with Crippen LogP contribution in [-0.2, 0) is 13.1 Å². The third kappa shape index (κ3) is 4.55. The molecule has 1 N–H and O–H groups in total. The van der Waals surface area contributed by atoms with Gasteiger partial charge >= 0.3 is 0 Å². The largest absolute Gasteiger partial charge is 0.492 e. The molecular weight excluding hydrogens is 270 g/mol. The minimum Gasteiger partial charge on any atom is -0.492 e. The summed E-state index contributed by atoms with van der Waals surface area (Å²) in [7, 11) is 0. The Hall–Kier alpha value is -1.51. The average molecular weight is 290 g/mol. The van der Waals surface area contributed by atoms with Crippen molar-refractivity contribution in [2.75, 3.05) is 6.61 Å². The van der Waals surface area contributed by atoms with Crippen LogP contribution in [0.2, 0.25) is 5.02 Å². The molecule has 0 atom stereocenters. The van der Waals surface area contributed by atoms with E-state index in [2.05, 4.69) is 30.4 Å². The molecule has 0 spiro atoms. The minimum absolute atomic E-state index is 0.678. The summed E-state index contributed by atoms with van der Waals surface area (Å²) in [6, 6.07) is 16.3. The topological polar surface area (TPSA) is 21.3 Å². The molecule has 0 unspecified atom stereocenters. The van der Waals surface area contributed by atoms with Crippen molar-refractivity contribution in [3.8, 4) is 5.75 Å². The Kier molecular flexibility index (Phi) is 5.90. The summed E-state index contributed by atoms with van der Waals surface area (Å²) in [5.74, 6) is 0.764. The van der Waals surface area contributed by atoms with Crippen molar-refractivity contribution in [1.29, 1.82) is 0 Å². The van der Waals surface area contributed by atoms with Crippen LogP contribution in [0.5, 0.6) is 5.75 Å². The van der Waals surface area contributed by atoms with Crippen LogP contribution in [0, 0.1) is 0 Å². The van der Waals surface area contributed by atoms with Crippen LogP contribution in [0.3, 0.4) is 0 Å². The van der Waals surface area contributed by atoms with E-state index in [-0.39, 0.29) is 0 Å². The number of hydrogen-bond donors (Lipinski definition) is 1. The van der Waals surface area contributed by atoms with Crippen molar-refractivity contribution in [3.63, 3.8) is 0 Å². The number of benzene rings is 2. The van der Waals surface area contributed by atoms with Gasteiger partial charge in [0.1, 0.15) is 5.75 Å². The van der Waals surface area contributed by atoms with Gasteiger partial charge in [0.2, 0.25) is 0 Å². The zero-order chi connectivity index (χ0) is 14.2. The van der Waals surface area contributed by atoms with E-state index in [1.54, 1.807) is 0 Å². The molecule has 0 amide bonds. The van der Waals surface area contributed by atoms with E-state index < -0.39 is 0 Å². The first-order valence-electron chi connectivity index (χ1n) is 6.95. The molecule has 2 aromatic rings. The van der Waals surface area contributed by atoms with Crippen LogP contribution in [0.4, 0.5) is 0 Å². The molecule has 2 aromatic carbocycles. The monoisotopic (exact) mass is 289 g/mol. The van der Waals surface area contributed by atoms with Gasteiger partial charge in [-0.25, -0.2) is 0 Å². The Morgan fingerprint density at radius 2 is 1.75 bits per heavy atom. The highest BCUT2D eigenvalue weighted by atomic mass is 35.5. The second kappa shape index (κ2) is 7.93. The Morgan fingerprint density at radius 1 is 1.00 bits per heavy atom. The molecule has 2 nitrogen and oxygen atoms in total. The van der Waals surface area contributed by atoms with Gasteiger partial charge in [-0.1, -0.05) is 54.9 Å². The van der Waals surface area contributed by atoms with E-state index in [1.807, 2.05) is 30.3 Å². The Balaban J connectivity index is 1.85. The summed E-state index contributed by atoms with van der Waals surface area (Å²) in [5.41, 5.74) is 2.44. The van der Waals surface area contributed by atoms with Gasteiger partial charge in [0.05, 0.1) is 11.6 Å². The van der Waals surface area contributed by atoms with E-state index in [1.165, 1.54) is 5.56 Å². The maximum absolute atomic E-state index is 6.21. The number of halogens is 1. The quantitative estimate of drug-likeness (QED) is 0.815. The first kappa shape index (κ1) is 14.9. The van der Waals surface area contributed by atoms with Gasteiger partial charge in [0.15, 0.2) is 0 Å². The van der Waals surface area contributed by atoms with Crippen molar-refractivity contribution >= 4 is 11.6 Å². The second-order valence-corrected chi connectivity index (χ2v) is 5.11. The summed E-state index contributed by atoms with van der Waals surface area (Å²) >= 11 is 6.21. The molecular formula is C17H20ClNO. The lowest BCUT2D eigenvalue weighted by atomic mass is 10.2. The Bertz CT molecular complexity index is 528. The van der Waals surface area contributed by atoms with Crippen molar-refractivity contribution in [2.45, 2.75) is 26.4 Å². The molecule has 0 aliphatic carbocycles. The Morgan fingerprint density at radius 3 is 2.45 bits per heavy atom. The molecule has 2 rings (SSSR count). The standard InChI is InChI=1S/C17H20ClNO/c1-2-10-20-17-9-8-15(11-16(17)18)13-19-12-14-6-4-3-5-7-14/h3-9,11,19H,2,10,12-13H2,1H3. The summed E-state index contributed by atoms with van der Waals surface area (Å²) in [6.45, 7) is 4.43. The number of hydrogen-bond acceptors (Lipinski definition) is 2. The third-order valence-corrected chi connectivity index (χ3v) is 3.25. The molecule has 0 saturated carbocycles. The minimum atomic E-state index is 0.678. The van der Waals surface area contributed by atoms with Gasteiger partial charge in [-0.05, 0) is 29.7 Å². The van der Waals surface area contributed by atoms with Crippen LogP contribution in [-0.4, -0.2) is 6.61 Å². The van der Waals surface area contributed by atoms with E-state index in [0.29, 0.717) is 11.6 Å². The van der Waals surface area contributed by atoms with Crippen molar-refractivity contribution < 1.29 is 4.74 Å². The smallest absolute Gasteiger partial charge is 0.137 e. The van der Waals surface area contributed by atoms with Gasteiger partial charge in [0.25, 0.3) is 0 Å². The molecule has 0 aliphatic heterocycles. The van der Waals surface area contributed by atoms with E-state index in [4.69, 9.17) is 16.3 Å². The highest BCUT2D eigenvalue weighted by Gasteiger charge is 2.02. The molecule has 0 aromatic heterocycles. The van der Waals surface area contributed by atoms with Gasteiger partial charge in [-0.3, -0.25) is 0 Å². The van der Waals surface area contributed by atoms with E-state index >= 15 is 0 Å². The normalized spacial score (nSPS) is 10.5. The third-order valence-electron chi connectivity index (χ3n) is 2.96. The van der Waals surface area contributed by atoms with E-state index in [9.17, 15) is 0 Å². The molecule has 0 radical (unpaired) electrons. The SMILES string of the molecule is CCCOc1ccc(CNCc2ccccc2)cc1Cl. The predicted octanol–water partition coefficient (Wildman–Crippen LogP) is 4.42. The molecule has 0 heterocycles. The summed E-state index contributed by atoms with van der Waals surface area (Å²) in [6.07, 6.45) is 0.983. The molecule has 3 heteroatoms. The molecule has 106 valence electrons. The van der Waals surface area contributed by atoms with Crippen molar-refractivity contribution in [3.05, 3.63) is 64.7 Å². The zero-order valence-corrected chi connectivity index (χ0v) is 12.5. The fraction of sp³-hybridized carbons (Fsp3) is 0.294. The van der Waals surface area contributed by atoms with Crippen LogP contribution >= 0.6 is 11.6 Å². The lowest BCUT2D eigenvalue weighted by Gasteiger charge is -2.09. The van der Waals surface area contributed by atoms with Crippen molar-refractivity contribution in [2.24, 2.45) is 0 Å². The van der Waals surface area contributed by atoms with E-state index in [0.717, 1.165) is 30.8 Å². The van der Waals surface area contributed by atoms with Crippen LogP contribution in [0.25, 0.3) is 0 Å². The Labute approximate surface area is 125 Å². The van der Waals surface area contributed by atoms with Gasteiger partial charge in [0, 0.05) is 13.1 Å². The fourth-order valence-electron chi connectivity index (χ4n) is 1.93. The second-order valence-electron chi connectivity index (χ2n) is 4.70. The van der Waals surface area contributed by atoms with Crippen LogP contribution in [0.1, 0.15) is 24.5 Å². The number of rotatable bonds is 7. The average Bonchev–Trinajstić information content (AvgIpc) is 2.47. The van der Waals surface area contributed by atoms with Gasteiger partial charge < -0.3 is 10.1 Å². The zero-order valence-electron chi connectivity index (χ0n) is 11.7. The lowest BCUT2D eigenvalue weighted by molar-refractivity contribution is 0.317. The summed E-state index contributed by atoms with van der Waals surface area (Å²) in [4.78, 5) is 0. The fourth-order valence-corrected chi connectivity index (χ4v) is 2.19. The highest BCUT2D eigenvalue weighted by Crippen LogP contribution is 2.25. The maximum atomic E-state index is 6.21. The highest BCUT2D eigenvalue weighted by molar-refractivity contribution is 6.32. The van der Waals surface area contributed by atoms with Crippen molar-refractivity contribution in [1.82, 2.24) is 5.32 Å². The molecule has 0 aliphatic rings. The molecule has 0 saturated heterocycles. The van der Waals surface area contributed by atoms with Gasteiger partial charge in [-0.15, -0.1) is 0 Å². The predicted molar refractivity (Wildman–Crippen MR) is 84.2 cm³/mol. The molecule has 0 fully saturated rings. The first-order chi connectivity index (χ1) is 9.79.